The molecule has 1 fully saturated rings. The zero-order chi connectivity index (χ0) is 20.1. The fraction of sp³-hybridized carbons (Fsp3) is 0.364. The Morgan fingerprint density at radius 1 is 1.11 bits per heavy atom. The number of piperidine rings is 1. The molecule has 3 rings (SSSR count). The number of benzene rings is 2. The first-order chi connectivity index (χ1) is 13.5. The van der Waals surface area contributed by atoms with Crippen molar-refractivity contribution in [2.45, 2.75) is 32.7 Å². The zero-order valence-electron chi connectivity index (χ0n) is 16.6. The number of carbonyl (C=O) groups excluding carboxylic acids is 2. The Morgan fingerprint density at radius 2 is 1.82 bits per heavy atom. The second-order valence-corrected chi connectivity index (χ2v) is 6.86. The van der Waals surface area contributed by atoms with Crippen LogP contribution in [0.1, 0.15) is 40.7 Å². The normalized spacial score (nSPS) is 14.0. The van der Waals surface area contributed by atoms with Crippen LogP contribution in [0.25, 0.3) is 0 Å². The third kappa shape index (κ3) is 4.27. The number of carbonyl (C=O) groups is 2. The number of ether oxygens (including phenoxy) is 2. The van der Waals surface area contributed by atoms with E-state index in [1.165, 1.54) is 0 Å². The number of rotatable bonds is 6. The molecule has 6 nitrogen and oxygen atoms in total. The summed E-state index contributed by atoms with van der Waals surface area (Å²) in [5, 5.41) is 2.93. The van der Waals surface area contributed by atoms with E-state index in [0.717, 1.165) is 36.2 Å². The molecule has 28 heavy (non-hydrogen) atoms. The molecule has 0 aromatic heterocycles. The van der Waals surface area contributed by atoms with Crippen molar-refractivity contribution in [1.29, 1.82) is 0 Å². The Morgan fingerprint density at radius 3 is 2.46 bits per heavy atom. The summed E-state index contributed by atoms with van der Waals surface area (Å²) in [5.41, 5.74) is 3.15. The lowest BCUT2D eigenvalue weighted by molar-refractivity contribution is -0.119. The van der Waals surface area contributed by atoms with Gasteiger partial charge in [-0.25, -0.2) is 0 Å². The van der Waals surface area contributed by atoms with Crippen molar-refractivity contribution in [2.24, 2.45) is 0 Å². The highest BCUT2D eigenvalue weighted by molar-refractivity contribution is 5.95. The Bertz CT molecular complexity index is 854. The summed E-state index contributed by atoms with van der Waals surface area (Å²) >= 11 is 0. The van der Waals surface area contributed by atoms with E-state index in [1.54, 1.807) is 26.4 Å². The Hall–Kier alpha value is -3.02. The van der Waals surface area contributed by atoms with Crippen molar-refractivity contribution in [3.05, 3.63) is 53.1 Å². The van der Waals surface area contributed by atoms with Crippen LogP contribution in [0.15, 0.2) is 36.4 Å². The summed E-state index contributed by atoms with van der Waals surface area (Å²) in [6, 6.07) is 11.2. The number of anilines is 1. The van der Waals surface area contributed by atoms with E-state index in [9.17, 15) is 9.59 Å². The van der Waals surface area contributed by atoms with Gasteiger partial charge in [-0.15, -0.1) is 0 Å². The van der Waals surface area contributed by atoms with Crippen LogP contribution in [-0.2, 0) is 11.3 Å². The molecule has 0 atom stereocenters. The lowest BCUT2D eigenvalue weighted by atomic mass is 10.1. The van der Waals surface area contributed by atoms with Crippen LogP contribution in [0.3, 0.4) is 0 Å². The molecule has 0 aliphatic carbocycles. The minimum absolute atomic E-state index is 0.159. The predicted molar refractivity (Wildman–Crippen MR) is 108 cm³/mol. The average Bonchev–Trinajstić information content (AvgIpc) is 2.72. The van der Waals surface area contributed by atoms with Crippen molar-refractivity contribution in [3.63, 3.8) is 0 Å². The van der Waals surface area contributed by atoms with E-state index in [4.69, 9.17) is 9.47 Å². The largest absolute Gasteiger partial charge is 0.496 e. The quantitative estimate of drug-likeness (QED) is 0.831. The molecule has 1 heterocycles. The maximum atomic E-state index is 12.6. The first kappa shape index (κ1) is 19.7. The molecule has 2 aromatic carbocycles. The third-order valence-corrected chi connectivity index (χ3v) is 5.01. The molecule has 0 saturated carbocycles. The molecule has 0 spiro atoms. The van der Waals surface area contributed by atoms with Crippen LogP contribution >= 0.6 is 0 Å². The highest BCUT2D eigenvalue weighted by Crippen LogP contribution is 2.29. The molecule has 6 heteroatoms. The first-order valence-electron chi connectivity index (χ1n) is 9.43. The van der Waals surface area contributed by atoms with E-state index in [1.807, 2.05) is 36.1 Å². The molecular weight excluding hydrogens is 356 g/mol. The lowest BCUT2D eigenvalue weighted by Crippen LogP contribution is -2.35. The molecular formula is C22H26N2O4. The molecule has 0 unspecified atom stereocenters. The van der Waals surface area contributed by atoms with E-state index < -0.39 is 0 Å². The number of nitrogens with one attached hydrogen (secondary N) is 1. The van der Waals surface area contributed by atoms with Crippen molar-refractivity contribution < 1.29 is 19.1 Å². The molecule has 1 N–H and O–H groups in total. The minimum atomic E-state index is -0.212. The van der Waals surface area contributed by atoms with Crippen molar-refractivity contribution in [3.8, 4) is 11.5 Å². The molecule has 2 amide bonds. The topological polar surface area (TPSA) is 67.9 Å². The van der Waals surface area contributed by atoms with Gasteiger partial charge in [0.05, 0.1) is 14.2 Å². The van der Waals surface area contributed by atoms with Crippen LogP contribution in [-0.4, -0.2) is 32.6 Å². The zero-order valence-corrected chi connectivity index (χ0v) is 16.6. The van der Waals surface area contributed by atoms with Gasteiger partial charge in [0.15, 0.2) is 0 Å². The van der Waals surface area contributed by atoms with Crippen LogP contribution in [0.2, 0.25) is 0 Å². The first-order valence-corrected chi connectivity index (χ1v) is 9.43. The minimum Gasteiger partial charge on any atom is -0.496 e. The number of methoxy groups -OCH3 is 2. The van der Waals surface area contributed by atoms with Gasteiger partial charge in [0.25, 0.3) is 5.91 Å². The van der Waals surface area contributed by atoms with Gasteiger partial charge < -0.3 is 19.7 Å². The standard InChI is InChI=1S/C22H26N2O4/c1-15-19(27-2)12-17(13-20(15)28-3)22(26)23-14-16-7-6-8-18(11-16)24-10-5-4-9-21(24)25/h6-8,11-13H,4-5,9-10,14H2,1-3H3,(H,23,26). The summed E-state index contributed by atoms with van der Waals surface area (Å²) in [6.07, 6.45) is 2.57. The second-order valence-electron chi connectivity index (χ2n) is 6.86. The van der Waals surface area contributed by atoms with E-state index in [-0.39, 0.29) is 11.8 Å². The summed E-state index contributed by atoms with van der Waals surface area (Å²) in [7, 11) is 3.13. The fourth-order valence-corrected chi connectivity index (χ4v) is 3.41. The van der Waals surface area contributed by atoms with Gasteiger partial charge in [-0.05, 0) is 49.6 Å². The number of hydrogen-bond donors (Lipinski definition) is 1. The average molecular weight is 382 g/mol. The van der Waals surface area contributed by atoms with Crippen molar-refractivity contribution >= 4 is 17.5 Å². The molecule has 1 aliphatic heterocycles. The Kier molecular flexibility index (Phi) is 6.19. The second kappa shape index (κ2) is 8.78. The van der Waals surface area contributed by atoms with Crippen LogP contribution in [0, 0.1) is 6.92 Å². The number of nitrogens with zero attached hydrogens (tertiary/aromatic N) is 1. The Labute approximate surface area is 165 Å². The maximum Gasteiger partial charge on any atom is 0.251 e. The predicted octanol–water partition coefficient (Wildman–Crippen LogP) is 3.46. The van der Waals surface area contributed by atoms with Gasteiger partial charge in [-0.1, -0.05) is 12.1 Å². The van der Waals surface area contributed by atoms with Crippen molar-refractivity contribution in [2.75, 3.05) is 25.7 Å². The third-order valence-electron chi connectivity index (χ3n) is 5.01. The highest BCUT2D eigenvalue weighted by atomic mass is 16.5. The summed E-state index contributed by atoms with van der Waals surface area (Å²) in [6.45, 7) is 3.00. The monoisotopic (exact) mass is 382 g/mol. The maximum absolute atomic E-state index is 12.6. The van der Waals surface area contributed by atoms with E-state index in [0.29, 0.717) is 30.0 Å². The van der Waals surface area contributed by atoms with Crippen LogP contribution in [0.5, 0.6) is 11.5 Å². The van der Waals surface area contributed by atoms with E-state index in [2.05, 4.69) is 5.32 Å². The van der Waals surface area contributed by atoms with Crippen LogP contribution in [0.4, 0.5) is 5.69 Å². The summed E-state index contributed by atoms with van der Waals surface area (Å²) in [4.78, 5) is 26.6. The fourth-order valence-electron chi connectivity index (χ4n) is 3.41. The molecule has 0 radical (unpaired) electrons. The summed E-state index contributed by atoms with van der Waals surface area (Å²) in [5.74, 6) is 1.16. The smallest absolute Gasteiger partial charge is 0.251 e. The van der Waals surface area contributed by atoms with Crippen LogP contribution < -0.4 is 19.7 Å². The Balaban J connectivity index is 1.71. The molecule has 1 saturated heterocycles. The molecule has 0 bridgehead atoms. The molecule has 2 aromatic rings. The van der Waals surface area contributed by atoms with Gasteiger partial charge in [-0.2, -0.15) is 0 Å². The highest BCUT2D eigenvalue weighted by Gasteiger charge is 2.20. The SMILES string of the molecule is COc1cc(C(=O)NCc2cccc(N3CCCCC3=O)c2)cc(OC)c1C. The molecule has 1 aliphatic rings. The molecule has 148 valence electrons. The van der Waals surface area contributed by atoms with Gasteiger partial charge in [-0.3, -0.25) is 9.59 Å². The van der Waals surface area contributed by atoms with Gasteiger partial charge in [0.1, 0.15) is 11.5 Å². The van der Waals surface area contributed by atoms with Crippen molar-refractivity contribution in [1.82, 2.24) is 5.32 Å². The lowest BCUT2D eigenvalue weighted by Gasteiger charge is -2.27. The van der Waals surface area contributed by atoms with Gasteiger partial charge in [0, 0.05) is 36.3 Å². The van der Waals surface area contributed by atoms with Gasteiger partial charge in [0.2, 0.25) is 5.91 Å². The summed E-state index contributed by atoms with van der Waals surface area (Å²) < 4.78 is 10.7. The van der Waals surface area contributed by atoms with Gasteiger partial charge >= 0.3 is 0 Å². The number of amides is 2. The van der Waals surface area contributed by atoms with E-state index >= 15 is 0 Å². The number of hydrogen-bond acceptors (Lipinski definition) is 4.